The number of carbonyl (C=O) groups is 1. The molecule has 7 heteroatoms. The van der Waals surface area contributed by atoms with E-state index in [-0.39, 0.29) is 11.0 Å². The van der Waals surface area contributed by atoms with E-state index in [1.165, 1.54) is 0 Å². The van der Waals surface area contributed by atoms with E-state index in [2.05, 4.69) is 15.6 Å². The summed E-state index contributed by atoms with van der Waals surface area (Å²) in [5, 5.41) is 6.40. The zero-order valence-corrected chi connectivity index (χ0v) is 17.1. The van der Waals surface area contributed by atoms with E-state index >= 15 is 0 Å². The van der Waals surface area contributed by atoms with Gasteiger partial charge in [0.25, 0.3) is 0 Å². The summed E-state index contributed by atoms with van der Waals surface area (Å²) in [6.45, 7) is 7.46. The number of hydrogen-bond donors (Lipinski definition) is 2. The molecule has 0 saturated heterocycles. The molecule has 0 aliphatic rings. The molecule has 1 heterocycles. The van der Waals surface area contributed by atoms with Crippen LogP contribution in [-0.2, 0) is 4.79 Å². The number of anilines is 1. The van der Waals surface area contributed by atoms with Crippen molar-refractivity contribution in [3.63, 3.8) is 0 Å². The first-order valence-corrected chi connectivity index (χ1v) is 9.21. The van der Waals surface area contributed by atoms with E-state index in [0.29, 0.717) is 27.7 Å². The van der Waals surface area contributed by atoms with Gasteiger partial charge in [0, 0.05) is 11.1 Å². The van der Waals surface area contributed by atoms with E-state index in [1.54, 1.807) is 18.2 Å². The lowest BCUT2D eigenvalue weighted by Gasteiger charge is -2.18. The number of amides is 1. The molecule has 0 radical (unpaired) electrons. The number of nitrogens with zero attached hydrogens (tertiary/aromatic N) is 1. The Morgan fingerprint density at radius 1 is 1.19 bits per heavy atom. The first-order chi connectivity index (χ1) is 12.6. The van der Waals surface area contributed by atoms with Crippen molar-refractivity contribution in [1.82, 2.24) is 10.3 Å². The maximum absolute atomic E-state index is 12.0. The average Bonchev–Trinajstić information content (AvgIpc) is 2.98. The minimum atomic E-state index is -0.535. The van der Waals surface area contributed by atoms with Crippen LogP contribution in [0.1, 0.15) is 26.3 Å². The molecule has 2 aromatic carbocycles. The summed E-state index contributed by atoms with van der Waals surface area (Å²) in [5.41, 5.74) is 3.34. The highest BCUT2D eigenvalue weighted by Crippen LogP contribution is 2.32. The molecule has 0 unspecified atom stereocenters. The number of oxazole rings is 1. The number of carbonyl (C=O) groups excluding carboxylic acids is 1. The Kier molecular flexibility index (Phi) is 5.22. The smallest absolute Gasteiger partial charge is 0.231 e. The number of aromatic nitrogens is 1. The molecule has 1 amide bonds. The van der Waals surface area contributed by atoms with Gasteiger partial charge in [-0.25, -0.2) is 4.98 Å². The first kappa shape index (κ1) is 19.3. The predicted octanol–water partition coefficient (Wildman–Crippen LogP) is 5.32. The third-order valence-corrected chi connectivity index (χ3v) is 4.44. The van der Waals surface area contributed by atoms with E-state index in [1.807, 2.05) is 45.9 Å². The molecule has 3 aromatic rings. The zero-order chi connectivity index (χ0) is 19.8. The summed E-state index contributed by atoms with van der Waals surface area (Å²) in [5.74, 6) is 0.261. The van der Waals surface area contributed by atoms with Crippen molar-refractivity contribution < 1.29 is 9.21 Å². The topological polar surface area (TPSA) is 67.2 Å². The van der Waals surface area contributed by atoms with Crippen molar-refractivity contribution in [2.75, 3.05) is 5.32 Å². The molecule has 1 aromatic heterocycles. The molecule has 0 aliphatic heterocycles. The van der Waals surface area contributed by atoms with Crippen molar-refractivity contribution in [2.45, 2.75) is 27.7 Å². The summed E-state index contributed by atoms with van der Waals surface area (Å²) in [6, 6.07) is 11.1. The van der Waals surface area contributed by atoms with E-state index in [4.69, 9.17) is 28.2 Å². The van der Waals surface area contributed by atoms with Gasteiger partial charge in [-0.2, -0.15) is 0 Å². The summed E-state index contributed by atoms with van der Waals surface area (Å²) < 4.78 is 5.83. The van der Waals surface area contributed by atoms with E-state index < -0.39 is 5.41 Å². The van der Waals surface area contributed by atoms with Crippen LogP contribution in [0, 0.1) is 12.3 Å². The van der Waals surface area contributed by atoms with Crippen LogP contribution < -0.4 is 10.6 Å². The maximum Gasteiger partial charge on any atom is 0.231 e. The Hall–Kier alpha value is -2.44. The lowest BCUT2D eigenvalue weighted by molar-refractivity contribution is -0.126. The number of halogens is 1. The molecule has 27 heavy (non-hydrogen) atoms. The van der Waals surface area contributed by atoms with Gasteiger partial charge in [-0.15, -0.1) is 0 Å². The number of rotatable bonds is 2. The van der Waals surface area contributed by atoms with Crippen LogP contribution in [-0.4, -0.2) is 16.0 Å². The van der Waals surface area contributed by atoms with Crippen molar-refractivity contribution in [1.29, 1.82) is 0 Å². The molecule has 5 nitrogen and oxygen atoms in total. The minimum Gasteiger partial charge on any atom is -0.436 e. The third-order valence-electron chi connectivity index (χ3n) is 3.91. The van der Waals surface area contributed by atoms with E-state index in [0.717, 1.165) is 11.1 Å². The fourth-order valence-corrected chi connectivity index (χ4v) is 2.78. The molecule has 0 spiro atoms. The van der Waals surface area contributed by atoms with Crippen LogP contribution in [0.15, 0.2) is 40.8 Å². The first-order valence-electron chi connectivity index (χ1n) is 8.43. The molecule has 0 fully saturated rings. The van der Waals surface area contributed by atoms with Gasteiger partial charge in [0.1, 0.15) is 5.52 Å². The van der Waals surface area contributed by atoms with Gasteiger partial charge >= 0.3 is 0 Å². The van der Waals surface area contributed by atoms with Gasteiger partial charge < -0.3 is 15.1 Å². The number of hydrogen-bond acceptors (Lipinski definition) is 4. The van der Waals surface area contributed by atoms with E-state index in [9.17, 15) is 4.79 Å². The third kappa shape index (κ3) is 4.46. The highest BCUT2D eigenvalue weighted by atomic mass is 35.5. The standard InChI is InChI=1S/C20H20ClN3O2S/c1-11-5-8-16-15(9-11)23-17(26-16)13-10-12(6-7-14(13)21)22-19(27)24-18(25)20(2,3)4/h5-10H,1-4H3,(H2,22,24,25,27). The molecule has 0 saturated carbocycles. The van der Waals surface area contributed by atoms with Gasteiger partial charge in [-0.1, -0.05) is 38.4 Å². The Bertz CT molecular complexity index is 1040. The molecular formula is C20H20ClN3O2S. The summed E-state index contributed by atoms with van der Waals surface area (Å²) in [6.07, 6.45) is 0. The van der Waals surface area contributed by atoms with Crippen LogP contribution in [0.5, 0.6) is 0 Å². The molecular weight excluding hydrogens is 382 g/mol. The second kappa shape index (κ2) is 7.29. The van der Waals surface area contributed by atoms with Gasteiger partial charge in [0.15, 0.2) is 10.7 Å². The maximum atomic E-state index is 12.0. The number of aryl methyl sites for hydroxylation is 1. The van der Waals surface area contributed by atoms with Gasteiger partial charge in [-0.05, 0) is 55.0 Å². The molecule has 0 aliphatic carbocycles. The predicted molar refractivity (Wildman–Crippen MR) is 113 cm³/mol. The van der Waals surface area contributed by atoms with Crippen molar-refractivity contribution in [2.24, 2.45) is 5.41 Å². The number of benzene rings is 2. The average molecular weight is 402 g/mol. The molecule has 0 bridgehead atoms. The normalized spacial score (nSPS) is 11.4. The quantitative estimate of drug-likeness (QED) is 0.569. The molecule has 2 N–H and O–H groups in total. The van der Waals surface area contributed by atoms with Gasteiger partial charge in [-0.3, -0.25) is 4.79 Å². The van der Waals surface area contributed by atoms with Crippen LogP contribution in [0.2, 0.25) is 5.02 Å². The summed E-state index contributed by atoms with van der Waals surface area (Å²) in [4.78, 5) is 16.6. The van der Waals surface area contributed by atoms with Crippen molar-refractivity contribution in [3.05, 3.63) is 47.0 Å². The number of thiocarbonyl (C=S) groups is 1. The SMILES string of the molecule is Cc1ccc2oc(-c3cc(NC(=S)NC(=O)C(C)(C)C)ccc3Cl)nc2c1. The monoisotopic (exact) mass is 401 g/mol. The second-order valence-electron chi connectivity index (χ2n) is 7.34. The van der Waals surface area contributed by atoms with Crippen LogP contribution in [0.4, 0.5) is 5.69 Å². The Morgan fingerprint density at radius 2 is 1.93 bits per heavy atom. The summed E-state index contributed by atoms with van der Waals surface area (Å²) >= 11 is 11.6. The van der Waals surface area contributed by atoms with Crippen LogP contribution >= 0.6 is 23.8 Å². The highest BCUT2D eigenvalue weighted by Gasteiger charge is 2.22. The van der Waals surface area contributed by atoms with Crippen LogP contribution in [0.3, 0.4) is 0 Å². The van der Waals surface area contributed by atoms with Crippen molar-refractivity contribution in [3.8, 4) is 11.5 Å². The minimum absolute atomic E-state index is 0.163. The molecule has 3 rings (SSSR count). The Labute approximate surface area is 168 Å². The van der Waals surface area contributed by atoms with Crippen LogP contribution in [0.25, 0.3) is 22.6 Å². The Morgan fingerprint density at radius 3 is 2.63 bits per heavy atom. The Balaban J connectivity index is 1.85. The second-order valence-corrected chi connectivity index (χ2v) is 8.16. The zero-order valence-electron chi connectivity index (χ0n) is 15.5. The molecule has 0 atom stereocenters. The number of fused-ring (bicyclic) bond motifs is 1. The fraction of sp³-hybridized carbons (Fsp3) is 0.250. The fourth-order valence-electron chi connectivity index (χ4n) is 2.37. The van der Waals surface area contributed by atoms with Gasteiger partial charge in [0.2, 0.25) is 11.8 Å². The lowest BCUT2D eigenvalue weighted by Crippen LogP contribution is -2.41. The van der Waals surface area contributed by atoms with Gasteiger partial charge in [0.05, 0.1) is 10.6 Å². The highest BCUT2D eigenvalue weighted by molar-refractivity contribution is 7.80. The lowest BCUT2D eigenvalue weighted by atomic mass is 9.96. The molecule has 140 valence electrons. The largest absolute Gasteiger partial charge is 0.436 e. The summed E-state index contributed by atoms with van der Waals surface area (Å²) in [7, 11) is 0. The van der Waals surface area contributed by atoms with Crippen molar-refractivity contribution >= 4 is 51.6 Å². The number of nitrogens with one attached hydrogen (secondary N) is 2.